The first-order valence-corrected chi connectivity index (χ1v) is 7.29. The van der Waals surface area contributed by atoms with E-state index in [4.69, 9.17) is 0 Å². The standard InChI is InChI=1S/C13H12INO2S/c1-15(7-9-3-2-4-11(16)5-9)13(17)10-6-12(14)18-8-10/h2-6,8,16H,7H2,1H3. The van der Waals surface area contributed by atoms with Crippen molar-refractivity contribution in [3.8, 4) is 5.75 Å². The number of benzene rings is 1. The highest BCUT2D eigenvalue weighted by Crippen LogP contribution is 2.19. The maximum absolute atomic E-state index is 12.1. The molecule has 0 saturated heterocycles. The number of nitrogens with zero attached hydrogens (tertiary/aromatic N) is 1. The molecule has 0 atom stereocenters. The van der Waals surface area contributed by atoms with Gasteiger partial charge in [0.05, 0.1) is 8.45 Å². The first kappa shape index (κ1) is 13.4. The molecule has 0 bridgehead atoms. The third kappa shape index (κ3) is 3.23. The number of phenols is 1. The molecule has 1 aromatic heterocycles. The summed E-state index contributed by atoms with van der Waals surface area (Å²) in [6.07, 6.45) is 0. The number of carbonyl (C=O) groups excluding carboxylic acids is 1. The lowest BCUT2D eigenvalue weighted by Gasteiger charge is -2.16. The largest absolute Gasteiger partial charge is 0.508 e. The van der Waals surface area contributed by atoms with E-state index in [-0.39, 0.29) is 11.7 Å². The van der Waals surface area contributed by atoms with E-state index in [0.717, 1.165) is 8.45 Å². The van der Waals surface area contributed by atoms with E-state index in [1.54, 1.807) is 41.5 Å². The molecule has 94 valence electrons. The maximum Gasteiger partial charge on any atom is 0.254 e. The topological polar surface area (TPSA) is 40.5 Å². The van der Waals surface area contributed by atoms with Gasteiger partial charge in [0, 0.05) is 19.0 Å². The fourth-order valence-corrected chi connectivity index (χ4v) is 2.96. The van der Waals surface area contributed by atoms with Gasteiger partial charge in [-0.05, 0) is 46.4 Å². The summed E-state index contributed by atoms with van der Waals surface area (Å²) in [5.41, 5.74) is 1.63. The van der Waals surface area contributed by atoms with Gasteiger partial charge in [-0.15, -0.1) is 11.3 Å². The average molecular weight is 373 g/mol. The highest BCUT2D eigenvalue weighted by molar-refractivity contribution is 14.1. The molecule has 0 fully saturated rings. The predicted molar refractivity (Wildman–Crippen MR) is 80.9 cm³/mol. The van der Waals surface area contributed by atoms with Crippen LogP contribution in [-0.4, -0.2) is 23.0 Å². The van der Waals surface area contributed by atoms with Crippen LogP contribution in [0.25, 0.3) is 0 Å². The van der Waals surface area contributed by atoms with E-state index >= 15 is 0 Å². The first-order valence-electron chi connectivity index (χ1n) is 5.33. The summed E-state index contributed by atoms with van der Waals surface area (Å²) in [6, 6.07) is 8.83. The summed E-state index contributed by atoms with van der Waals surface area (Å²) >= 11 is 3.76. The van der Waals surface area contributed by atoms with Crippen LogP contribution in [0.2, 0.25) is 0 Å². The highest BCUT2D eigenvalue weighted by Gasteiger charge is 2.13. The Morgan fingerprint density at radius 2 is 2.22 bits per heavy atom. The van der Waals surface area contributed by atoms with Crippen molar-refractivity contribution in [3.05, 3.63) is 49.7 Å². The van der Waals surface area contributed by atoms with Crippen molar-refractivity contribution in [1.82, 2.24) is 4.90 Å². The van der Waals surface area contributed by atoms with Gasteiger partial charge in [0.25, 0.3) is 5.91 Å². The molecular weight excluding hydrogens is 361 g/mol. The normalized spacial score (nSPS) is 10.3. The van der Waals surface area contributed by atoms with Crippen LogP contribution in [0.5, 0.6) is 5.75 Å². The quantitative estimate of drug-likeness (QED) is 0.839. The van der Waals surface area contributed by atoms with Gasteiger partial charge in [0.2, 0.25) is 0 Å². The maximum atomic E-state index is 12.1. The predicted octanol–water partition coefficient (Wildman–Crippen LogP) is 3.33. The molecule has 1 N–H and O–H groups in total. The van der Waals surface area contributed by atoms with Crippen LogP contribution in [0, 0.1) is 2.88 Å². The number of rotatable bonds is 3. The van der Waals surface area contributed by atoms with Crippen molar-refractivity contribution in [2.24, 2.45) is 0 Å². The summed E-state index contributed by atoms with van der Waals surface area (Å²) in [5, 5.41) is 11.2. The lowest BCUT2D eigenvalue weighted by Crippen LogP contribution is -2.25. The van der Waals surface area contributed by atoms with Gasteiger partial charge in [0.1, 0.15) is 5.75 Å². The van der Waals surface area contributed by atoms with Crippen molar-refractivity contribution in [3.63, 3.8) is 0 Å². The second-order valence-electron chi connectivity index (χ2n) is 3.97. The monoisotopic (exact) mass is 373 g/mol. The number of amides is 1. The molecule has 2 rings (SSSR count). The Morgan fingerprint density at radius 1 is 1.44 bits per heavy atom. The van der Waals surface area contributed by atoms with Crippen LogP contribution >= 0.6 is 33.9 Å². The minimum Gasteiger partial charge on any atom is -0.508 e. The second kappa shape index (κ2) is 5.71. The second-order valence-corrected chi connectivity index (χ2v) is 6.78. The third-order valence-electron chi connectivity index (χ3n) is 2.49. The van der Waals surface area contributed by atoms with E-state index in [1.165, 1.54) is 0 Å². The minimum atomic E-state index is -0.00231. The van der Waals surface area contributed by atoms with Crippen molar-refractivity contribution in [2.75, 3.05) is 7.05 Å². The van der Waals surface area contributed by atoms with Gasteiger partial charge in [-0.3, -0.25) is 4.79 Å². The third-order valence-corrected chi connectivity index (χ3v) is 4.28. The molecule has 1 amide bonds. The molecule has 1 heterocycles. The molecule has 18 heavy (non-hydrogen) atoms. The summed E-state index contributed by atoms with van der Waals surface area (Å²) in [7, 11) is 1.76. The Bertz CT molecular complexity index is 568. The summed E-state index contributed by atoms with van der Waals surface area (Å²) in [5.74, 6) is 0.218. The summed E-state index contributed by atoms with van der Waals surface area (Å²) in [4.78, 5) is 13.8. The molecule has 1 aromatic carbocycles. The molecule has 3 nitrogen and oxygen atoms in total. The van der Waals surface area contributed by atoms with Crippen molar-refractivity contribution < 1.29 is 9.90 Å². The van der Waals surface area contributed by atoms with Crippen LogP contribution in [0.15, 0.2) is 35.7 Å². The van der Waals surface area contributed by atoms with Gasteiger partial charge >= 0.3 is 0 Å². The van der Waals surface area contributed by atoms with Crippen LogP contribution < -0.4 is 0 Å². The number of hydrogen-bond donors (Lipinski definition) is 1. The molecule has 2 aromatic rings. The zero-order chi connectivity index (χ0) is 13.1. The van der Waals surface area contributed by atoms with E-state index in [9.17, 15) is 9.90 Å². The van der Waals surface area contributed by atoms with E-state index < -0.39 is 0 Å². The number of hydrogen-bond acceptors (Lipinski definition) is 3. The van der Waals surface area contributed by atoms with Crippen molar-refractivity contribution in [1.29, 1.82) is 0 Å². The number of aromatic hydroxyl groups is 1. The van der Waals surface area contributed by atoms with Gasteiger partial charge in [-0.2, -0.15) is 0 Å². The lowest BCUT2D eigenvalue weighted by atomic mass is 10.2. The molecule has 0 radical (unpaired) electrons. The lowest BCUT2D eigenvalue weighted by molar-refractivity contribution is 0.0785. The minimum absolute atomic E-state index is 0.00231. The Hall–Kier alpha value is -1.08. The molecule has 0 aliphatic carbocycles. The fourth-order valence-electron chi connectivity index (χ4n) is 1.64. The Balaban J connectivity index is 2.08. The Kier molecular flexibility index (Phi) is 4.23. The molecule has 5 heteroatoms. The van der Waals surface area contributed by atoms with Gasteiger partial charge in [0.15, 0.2) is 0 Å². The van der Waals surface area contributed by atoms with Crippen molar-refractivity contribution >= 4 is 39.8 Å². The van der Waals surface area contributed by atoms with Crippen LogP contribution in [0.4, 0.5) is 0 Å². The van der Waals surface area contributed by atoms with Crippen LogP contribution in [0.1, 0.15) is 15.9 Å². The van der Waals surface area contributed by atoms with Gasteiger partial charge in [-0.1, -0.05) is 12.1 Å². The Labute approximate surface area is 123 Å². The van der Waals surface area contributed by atoms with E-state index in [0.29, 0.717) is 12.1 Å². The van der Waals surface area contributed by atoms with Crippen LogP contribution in [0.3, 0.4) is 0 Å². The van der Waals surface area contributed by atoms with Gasteiger partial charge in [-0.25, -0.2) is 0 Å². The van der Waals surface area contributed by atoms with Gasteiger partial charge < -0.3 is 10.0 Å². The first-order chi connectivity index (χ1) is 8.56. The zero-order valence-electron chi connectivity index (χ0n) is 9.76. The number of phenolic OH excluding ortho intramolecular Hbond substituents is 1. The Morgan fingerprint density at radius 3 is 2.83 bits per heavy atom. The van der Waals surface area contributed by atoms with E-state index in [1.807, 2.05) is 17.5 Å². The molecule has 0 aliphatic heterocycles. The smallest absolute Gasteiger partial charge is 0.254 e. The van der Waals surface area contributed by atoms with Crippen LogP contribution in [-0.2, 0) is 6.54 Å². The molecule has 0 unspecified atom stereocenters. The molecule has 0 spiro atoms. The highest BCUT2D eigenvalue weighted by atomic mass is 127. The number of carbonyl (C=O) groups is 1. The molecule has 0 saturated carbocycles. The molecule has 0 aliphatic rings. The summed E-state index contributed by atoms with van der Waals surface area (Å²) in [6.45, 7) is 0.486. The average Bonchev–Trinajstić information content (AvgIpc) is 2.75. The fraction of sp³-hybridized carbons (Fsp3) is 0.154. The number of halogens is 1. The zero-order valence-corrected chi connectivity index (χ0v) is 12.7. The SMILES string of the molecule is CN(Cc1cccc(O)c1)C(=O)c1csc(I)c1. The van der Waals surface area contributed by atoms with Crippen molar-refractivity contribution in [2.45, 2.75) is 6.54 Å². The molecular formula is C13H12INO2S. The summed E-state index contributed by atoms with van der Waals surface area (Å²) < 4.78 is 1.10. The van der Waals surface area contributed by atoms with E-state index in [2.05, 4.69) is 22.6 Å². The number of thiophene rings is 1.